The number of hydrogen-bond donors (Lipinski definition) is 2. The van der Waals surface area contributed by atoms with Crippen LogP contribution in [0.5, 0.6) is 0 Å². The topological polar surface area (TPSA) is 85.2 Å². The third kappa shape index (κ3) is 5.74. The number of carbonyl (C=O) groups is 2. The first kappa shape index (κ1) is 24.8. The van der Waals surface area contributed by atoms with Crippen LogP contribution >= 0.6 is 24.0 Å². The lowest BCUT2D eigenvalue weighted by atomic mass is 9.91. The Morgan fingerprint density at radius 1 is 1.12 bits per heavy atom. The van der Waals surface area contributed by atoms with E-state index < -0.39 is 0 Å². The highest BCUT2D eigenvalue weighted by molar-refractivity contribution is 6.30. The minimum absolute atomic E-state index is 0. The predicted molar refractivity (Wildman–Crippen MR) is 131 cm³/mol. The number of halogens is 2. The number of ether oxygens (including phenoxy) is 1. The molecule has 1 aromatic heterocycles. The van der Waals surface area contributed by atoms with E-state index in [2.05, 4.69) is 15.7 Å². The average molecular weight is 489 g/mol. The molecule has 33 heavy (non-hydrogen) atoms. The SMILES string of the molecule is CCOC(=O)c1ccc(NC(=O)c2cnn(-c3ccc(Cl)cc3)c2C2CCNCC2)cc1.Cl. The molecule has 0 saturated carbocycles. The van der Waals surface area contributed by atoms with Gasteiger partial charge in [-0.25, -0.2) is 9.48 Å². The Kier molecular flexibility index (Phi) is 8.49. The van der Waals surface area contributed by atoms with Crippen molar-refractivity contribution in [2.24, 2.45) is 0 Å². The third-order valence-corrected chi connectivity index (χ3v) is 5.75. The van der Waals surface area contributed by atoms with Crippen molar-refractivity contribution in [2.75, 3.05) is 25.0 Å². The molecule has 1 fully saturated rings. The fraction of sp³-hybridized carbons (Fsp3) is 0.292. The lowest BCUT2D eigenvalue weighted by Crippen LogP contribution is -2.29. The average Bonchev–Trinajstić information content (AvgIpc) is 3.26. The number of nitrogens with one attached hydrogen (secondary N) is 2. The van der Waals surface area contributed by atoms with E-state index in [9.17, 15) is 9.59 Å². The highest BCUT2D eigenvalue weighted by Crippen LogP contribution is 2.31. The maximum Gasteiger partial charge on any atom is 0.338 e. The summed E-state index contributed by atoms with van der Waals surface area (Å²) in [6, 6.07) is 14.1. The van der Waals surface area contributed by atoms with Crippen LogP contribution in [0.4, 0.5) is 5.69 Å². The Morgan fingerprint density at radius 2 is 1.79 bits per heavy atom. The highest BCUT2D eigenvalue weighted by atomic mass is 35.5. The Balaban J connectivity index is 0.00000306. The first-order valence-corrected chi connectivity index (χ1v) is 11.1. The number of anilines is 1. The molecule has 1 saturated heterocycles. The zero-order valence-corrected chi connectivity index (χ0v) is 19.8. The maximum atomic E-state index is 13.2. The number of nitrogens with zero attached hydrogens (tertiary/aromatic N) is 2. The summed E-state index contributed by atoms with van der Waals surface area (Å²) >= 11 is 6.05. The second-order valence-corrected chi connectivity index (χ2v) is 8.04. The number of benzene rings is 2. The quantitative estimate of drug-likeness (QED) is 0.484. The van der Waals surface area contributed by atoms with E-state index in [0.717, 1.165) is 37.3 Å². The minimum atomic E-state index is -0.386. The van der Waals surface area contributed by atoms with Gasteiger partial charge in [0, 0.05) is 16.6 Å². The van der Waals surface area contributed by atoms with E-state index in [0.29, 0.717) is 28.4 Å². The van der Waals surface area contributed by atoms with E-state index in [1.165, 1.54) is 0 Å². The number of piperidine rings is 1. The van der Waals surface area contributed by atoms with Crippen LogP contribution in [0.3, 0.4) is 0 Å². The predicted octanol–water partition coefficient (Wildman–Crippen LogP) is 4.84. The molecular formula is C24H26Cl2N4O3. The smallest absolute Gasteiger partial charge is 0.338 e. The molecule has 174 valence electrons. The zero-order chi connectivity index (χ0) is 22.5. The van der Waals surface area contributed by atoms with E-state index in [4.69, 9.17) is 16.3 Å². The van der Waals surface area contributed by atoms with Gasteiger partial charge in [0.1, 0.15) is 0 Å². The van der Waals surface area contributed by atoms with Crippen molar-refractivity contribution in [3.05, 3.63) is 76.6 Å². The Morgan fingerprint density at radius 3 is 2.42 bits per heavy atom. The van der Waals surface area contributed by atoms with Crippen LogP contribution in [0.2, 0.25) is 5.02 Å². The molecule has 0 atom stereocenters. The minimum Gasteiger partial charge on any atom is -0.462 e. The molecule has 9 heteroatoms. The lowest BCUT2D eigenvalue weighted by molar-refractivity contribution is 0.0526. The van der Waals surface area contributed by atoms with Gasteiger partial charge in [0.2, 0.25) is 0 Å². The van der Waals surface area contributed by atoms with E-state index >= 15 is 0 Å². The molecule has 0 bridgehead atoms. The van der Waals surface area contributed by atoms with Gasteiger partial charge in [0.25, 0.3) is 5.91 Å². The number of aromatic nitrogens is 2. The van der Waals surface area contributed by atoms with Crippen LogP contribution < -0.4 is 10.6 Å². The summed E-state index contributed by atoms with van der Waals surface area (Å²) in [5.41, 5.74) is 3.34. The monoisotopic (exact) mass is 488 g/mol. The van der Waals surface area contributed by atoms with Crippen molar-refractivity contribution in [3.8, 4) is 5.69 Å². The van der Waals surface area contributed by atoms with E-state index in [1.807, 2.05) is 28.9 Å². The summed E-state index contributed by atoms with van der Waals surface area (Å²) in [5.74, 6) is -0.410. The lowest BCUT2D eigenvalue weighted by Gasteiger charge is -2.24. The van der Waals surface area contributed by atoms with Crippen molar-refractivity contribution < 1.29 is 14.3 Å². The third-order valence-electron chi connectivity index (χ3n) is 5.50. The van der Waals surface area contributed by atoms with E-state index in [1.54, 1.807) is 37.4 Å². The fourth-order valence-electron chi connectivity index (χ4n) is 3.91. The molecule has 3 aromatic rings. The van der Waals surface area contributed by atoms with Crippen LogP contribution in [0, 0.1) is 0 Å². The summed E-state index contributed by atoms with van der Waals surface area (Å²) in [7, 11) is 0. The Labute approximate surface area is 203 Å². The molecule has 7 nitrogen and oxygen atoms in total. The van der Waals surface area contributed by atoms with Gasteiger partial charge in [-0.1, -0.05) is 11.6 Å². The van der Waals surface area contributed by atoms with Gasteiger partial charge >= 0.3 is 5.97 Å². The zero-order valence-electron chi connectivity index (χ0n) is 18.2. The van der Waals surface area contributed by atoms with Crippen molar-refractivity contribution >= 4 is 41.6 Å². The Bertz CT molecular complexity index is 1090. The number of amides is 1. The molecule has 1 aliphatic heterocycles. The largest absolute Gasteiger partial charge is 0.462 e. The highest BCUT2D eigenvalue weighted by Gasteiger charge is 2.27. The molecule has 1 amide bonds. The number of rotatable bonds is 6. The first-order valence-electron chi connectivity index (χ1n) is 10.7. The second kappa shape index (κ2) is 11.3. The van der Waals surface area contributed by atoms with Gasteiger partial charge in [-0.3, -0.25) is 4.79 Å². The van der Waals surface area contributed by atoms with Crippen molar-refractivity contribution in [1.82, 2.24) is 15.1 Å². The first-order chi connectivity index (χ1) is 15.6. The summed E-state index contributed by atoms with van der Waals surface area (Å²) in [6.07, 6.45) is 3.47. The van der Waals surface area contributed by atoms with Gasteiger partial charge in [-0.15, -0.1) is 12.4 Å². The van der Waals surface area contributed by atoms with Crippen LogP contribution in [0.25, 0.3) is 5.69 Å². The molecule has 0 unspecified atom stereocenters. The molecular weight excluding hydrogens is 463 g/mol. The van der Waals surface area contributed by atoms with Crippen molar-refractivity contribution in [2.45, 2.75) is 25.7 Å². The molecule has 0 radical (unpaired) electrons. The summed E-state index contributed by atoms with van der Waals surface area (Å²) in [4.78, 5) is 25.0. The van der Waals surface area contributed by atoms with E-state index in [-0.39, 0.29) is 30.2 Å². The Hall–Kier alpha value is -2.87. The molecule has 2 N–H and O–H groups in total. The van der Waals surface area contributed by atoms with Crippen molar-refractivity contribution in [1.29, 1.82) is 0 Å². The fourth-order valence-corrected chi connectivity index (χ4v) is 4.04. The molecule has 1 aliphatic rings. The summed E-state index contributed by atoms with van der Waals surface area (Å²) in [5, 5.41) is 11.5. The maximum absolute atomic E-state index is 13.2. The van der Waals surface area contributed by atoms with Crippen LogP contribution in [0.1, 0.15) is 52.1 Å². The normalized spacial score (nSPS) is 13.8. The summed E-state index contributed by atoms with van der Waals surface area (Å²) < 4.78 is 6.84. The van der Waals surface area contributed by atoms with Crippen molar-refractivity contribution in [3.63, 3.8) is 0 Å². The standard InChI is InChI=1S/C24H25ClN4O3.ClH/c1-2-32-24(31)17-3-7-19(8-4-17)28-23(30)21-15-27-29(20-9-5-18(25)6-10-20)22(21)16-11-13-26-14-12-16;/h3-10,15-16,26H,2,11-14H2,1H3,(H,28,30);1H. The number of hydrogen-bond acceptors (Lipinski definition) is 5. The molecule has 0 aliphatic carbocycles. The summed E-state index contributed by atoms with van der Waals surface area (Å²) in [6.45, 7) is 3.87. The van der Waals surface area contributed by atoms with Gasteiger partial charge in [0.05, 0.1) is 35.3 Å². The van der Waals surface area contributed by atoms with Gasteiger partial charge in [-0.05, 0) is 81.4 Å². The van der Waals surface area contributed by atoms with Crippen LogP contribution in [-0.4, -0.2) is 41.4 Å². The molecule has 4 rings (SSSR count). The van der Waals surface area contributed by atoms with Gasteiger partial charge in [-0.2, -0.15) is 5.10 Å². The van der Waals surface area contributed by atoms with Gasteiger partial charge < -0.3 is 15.4 Å². The molecule has 2 heterocycles. The molecule has 0 spiro atoms. The number of carbonyl (C=O) groups excluding carboxylic acids is 2. The number of esters is 1. The van der Waals surface area contributed by atoms with Gasteiger partial charge in [0.15, 0.2) is 0 Å². The van der Waals surface area contributed by atoms with Crippen LogP contribution in [0.15, 0.2) is 54.7 Å². The second-order valence-electron chi connectivity index (χ2n) is 7.61. The molecule has 2 aromatic carbocycles. The van der Waals surface area contributed by atoms with Crippen LogP contribution in [-0.2, 0) is 4.74 Å².